The number of thiocarbonyl (C=S) groups is 1. The lowest BCUT2D eigenvalue weighted by molar-refractivity contribution is 0.0745. The normalized spacial score (nSPS) is 12.2. The zero-order valence-electron chi connectivity index (χ0n) is 9.69. The molecule has 16 heavy (non-hydrogen) atoms. The number of nitrogens with two attached hydrogens (primary N) is 1. The molecule has 0 saturated heterocycles. The Morgan fingerprint density at radius 3 is 2.69 bits per heavy atom. The van der Waals surface area contributed by atoms with Crippen LogP contribution in [0.1, 0.15) is 30.2 Å². The fourth-order valence-electron chi connectivity index (χ4n) is 1.22. The van der Waals surface area contributed by atoms with Gasteiger partial charge in [-0.3, -0.25) is 4.79 Å². The number of hydrogen-bond acceptors (Lipinski definition) is 3. The maximum Gasteiger partial charge on any atom is 0.289 e. The number of carbonyl (C=O) groups excluding carboxylic acids is 1. The summed E-state index contributed by atoms with van der Waals surface area (Å²) in [7, 11) is 1.65. The van der Waals surface area contributed by atoms with Crippen LogP contribution in [0.2, 0.25) is 0 Å². The number of nitrogens with zero attached hydrogens (tertiary/aromatic N) is 1. The summed E-state index contributed by atoms with van der Waals surface area (Å²) >= 11 is 4.84. The molecule has 1 aromatic heterocycles. The van der Waals surface area contributed by atoms with Crippen LogP contribution in [0.5, 0.6) is 0 Å². The van der Waals surface area contributed by atoms with Crippen molar-refractivity contribution in [1.29, 1.82) is 0 Å². The van der Waals surface area contributed by atoms with Crippen molar-refractivity contribution in [1.82, 2.24) is 4.90 Å². The van der Waals surface area contributed by atoms with E-state index in [1.807, 2.05) is 6.92 Å². The molecule has 0 aliphatic carbocycles. The first-order chi connectivity index (χ1) is 7.47. The molecule has 1 aromatic rings. The second kappa shape index (κ2) is 5.12. The van der Waals surface area contributed by atoms with E-state index < -0.39 is 0 Å². The highest BCUT2D eigenvalue weighted by Gasteiger charge is 2.21. The van der Waals surface area contributed by atoms with Crippen LogP contribution >= 0.6 is 12.2 Å². The molecule has 1 unspecified atom stereocenters. The van der Waals surface area contributed by atoms with E-state index in [4.69, 9.17) is 22.4 Å². The molecule has 1 amide bonds. The van der Waals surface area contributed by atoms with Crippen LogP contribution in [0.15, 0.2) is 16.5 Å². The third-order valence-corrected chi connectivity index (χ3v) is 2.88. The lowest BCUT2D eigenvalue weighted by atomic mass is 10.2. The van der Waals surface area contributed by atoms with Gasteiger partial charge in [0.05, 0.1) is 11.0 Å². The third kappa shape index (κ3) is 2.61. The highest BCUT2D eigenvalue weighted by molar-refractivity contribution is 7.80. The predicted molar refractivity (Wildman–Crippen MR) is 66.4 cm³/mol. The molecule has 4 nitrogen and oxygen atoms in total. The second-order valence-electron chi connectivity index (χ2n) is 3.61. The molecule has 1 heterocycles. The van der Waals surface area contributed by atoms with Gasteiger partial charge in [-0.2, -0.15) is 0 Å². The number of hydrogen-bond donors (Lipinski definition) is 1. The maximum absolute atomic E-state index is 11.9. The minimum atomic E-state index is -0.280. The average molecular weight is 240 g/mol. The molecule has 5 heteroatoms. The van der Waals surface area contributed by atoms with Gasteiger partial charge >= 0.3 is 0 Å². The third-order valence-electron chi connectivity index (χ3n) is 2.53. The van der Waals surface area contributed by atoms with Crippen LogP contribution in [0.3, 0.4) is 0 Å². The van der Waals surface area contributed by atoms with Gasteiger partial charge in [-0.25, -0.2) is 0 Å². The van der Waals surface area contributed by atoms with Crippen molar-refractivity contribution in [3.05, 3.63) is 23.7 Å². The van der Waals surface area contributed by atoms with Gasteiger partial charge in [0.15, 0.2) is 5.76 Å². The molecule has 1 atom stereocenters. The van der Waals surface area contributed by atoms with Gasteiger partial charge in [-0.15, -0.1) is 0 Å². The number of furan rings is 1. The lowest BCUT2D eigenvalue weighted by Crippen LogP contribution is -2.42. The van der Waals surface area contributed by atoms with E-state index in [-0.39, 0.29) is 16.9 Å². The number of amides is 1. The molecule has 1 rings (SSSR count). The first-order valence-electron chi connectivity index (χ1n) is 5.12. The summed E-state index contributed by atoms with van der Waals surface area (Å²) < 4.78 is 5.37. The Morgan fingerprint density at radius 2 is 2.25 bits per heavy atom. The van der Waals surface area contributed by atoms with Gasteiger partial charge in [-0.1, -0.05) is 19.1 Å². The molecule has 0 aliphatic rings. The number of rotatable bonds is 4. The number of carbonyl (C=O) groups is 1. The predicted octanol–water partition coefficient (Wildman–Crippen LogP) is 1.59. The number of likely N-dealkylation sites (N-methyl/N-ethyl adjacent to an activating group) is 1. The molecule has 0 fully saturated rings. The van der Waals surface area contributed by atoms with Crippen LogP contribution in [0.4, 0.5) is 0 Å². The van der Waals surface area contributed by atoms with Gasteiger partial charge in [0.2, 0.25) is 0 Å². The van der Waals surface area contributed by atoms with Gasteiger partial charge in [-0.05, 0) is 19.1 Å². The summed E-state index contributed by atoms with van der Waals surface area (Å²) in [6.45, 7) is 3.75. The van der Waals surface area contributed by atoms with E-state index in [0.29, 0.717) is 5.76 Å². The summed E-state index contributed by atoms with van der Waals surface area (Å²) in [5, 5.41) is 0. The average Bonchev–Trinajstić information content (AvgIpc) is 2.74. The topological polar surface area (TPSA) is 59.5 Å². The summed E-state index contributed by atoms with van der Waals surface area (Å²) in [5.41, 5.74) is 5.49. The van der Waals surface area contributed by atoms with E-state index in [0.717, 1.165) is 12.2 Å². The second-order valence-corrected chi connectivity index (χ2v) is 4.09. The van der Waals surface area contributed by atoms with Crippen molar-refractivity contribution in [2.24, 2.45) is 5.73 Å². The smallest absolute Gasteiger partial charge is 0.289 e. The first-order valence-corrected chi connectivity index (χ1v) is 5.53. The SMILES string of the molecule is CCc1ccc(C(=O)N(C)C(C)C(N)=S)o1. The van der Waals surface area contributed by atoms with E-state index in [9.17, 15) is 4.79 Å². The highest BCUT2D eigenvalue weighted by atomic mass is 32.1. The quantitative estimate of drug-likeness (QED) is 0.812. The van der Waals surface area contributed by atoms with E-state index >= 15 is 0 Å². The van der Waals surface area contributed by atoms with Crippen LogP contribution in [0, 0.1) is 0 Å². The summed E-state index contributed by atoms with van der Waals surface area (Å²) in [4.78, 5) is 13.7. The molecule has 0 spiro atoms. The van der Waals surface area contributed by atoms with Crippen LogP contribution in [-0.4, -0.2) is 28.9 Å². The minimum absolute atomic E-state index is 0.208. The minimum Gasteiger partial charge on any atom is -0.456 e. The molecule has 0 bridgehead atoms. The maximum atomic E-state index is 11.9. The Morgan fingerprint density at radius 1 is 1.62 bits per heavy atom. The molecular formula is C11H16N2O2S. The lowest BCUT2D eigenvalue weighted by Gasteiger charge is -2.22. The molecule has 0 aliphatic heterocycles. The fraction of sp³-hybridized carbons (Fsp3) is 0.455. The van der Waals surface area contributed by atoms with E-state index in [2.05, 4.69) is 0 Å². The highest BCUT2D eigenvalue weighted by Crippen LogP contribution is 2.12. The van der Waals surface area contributed by atoms with Gasteiger partial charge in [0, 0.05) is 13.5 Å². The Kier molecular flexibility index (Phi) is 4.06. The van der Waals surface area contributed by atoms with Crippen LogP contribution < -0.4 is 5.73 Å². The standard InChI is InChI=1S/C11H16N2O2S/c1-4-8-5-6-9(15-8)11(14)13(3)7(2)10(12)16/h5-7H,4H2,1-3H3,(H2,12,16). The van der Waals surface area contributed by atoms with E-state index in [1.165, 1.54) is 4.90 Å². The molecule has 2 N–H and O–H groups in total. The monoisotopic (exact) mass is 240 g/mol. The fourth-order valence-corrected chi connectivity index (χ4v) is 1.38. The van der Waals surface area contributed by atoms with Crippen molar-refractivity contribution in [2.75, 3.05) is 7.05 Å². The molecule has 0 saturated carbocycles. The zero-order chi connectivity index (χ0) is 12.3. The van der Waals surface area contributed by atoms with Gasteiger partial charge in [0.25, 0.3) is 5.91 Å². The van der Waals surface area contributed by atoms with Crippen molar-refractivity contribution in [2.45, 2.75) is 26.3 Å². The Hall–Kier alpha value is -1.36. The zero-order valence-corrected chi connectivity index (χ0v) is 10.5. The Labute approximate surface area is 100 Å². The van der Waals surface area contributed by atoms with Crippen LogP contribution in [0.25, 0.3) is 0 Å². The number of aryl methyl sites for hydroxylation is 1. The Bertz CT molecular complexity index is 400. The summed E-state index contributed by atoms with van der Waals surface area (Å²) in [6, 6.07) is 3.19. The summed E-state index contributed by atoms with van der Waals surface area (Å²) in [6.07, 6.45) is 0.766. The Balaban J connectivity index is 2.81. The van der Waals surface area contributed by atoms with Crippen molar-refractivity contribution >= 4 is 23.1 Å². The largest absolute Gasteiger partial charge is 0.456 e. The van der Waals surface area contributed by atoms with E-state index in [1.54, 1.807) is 26.1 Å². The van der Waals surface area contributed by atoms with Crippen molar-refractivity contribution < 1.29 is 9.21 Å². The molecular weight excluding hydrogens is 224 g/mol. The molecule has 0 radical (unpaired) electrons. The van der Waals surface area contributed by atoms with Gasteiger partial charge < -0.3 is 15.1 Å². The van der Waals surface area contributed by atoms with Gasteiger partial charge in [0.1, 0.15) is 5.76 Å². The first kappa shape index (κ1) is 12.7. The molecule has 88 valence electrons. The summed E-state index contributed by atoms with van der Waals surface area (Å²) in [5.74, 6) is 0.905. The van der Waals surface area contributed by atoms with Crippen molar-refractivity contribution in [3.8, 4) is 0 Å². The van der Waals surface area contributed by atoms with Crippen molar-refractivity contribution in [3.63, 3.8) is 0 Å². The molecule has 0 aromatic carbocycles. The van der Waals surface area contributed by atoms with Crippen LogP contribution in [-0.2, 0) is 6.42 Å².